The van der Waals surface area contributed by atoms with Gasteiger partial charge in [0.05, 0.1) is 0 Å². The monoisotopic (exact) mass is 389 g/mol. The van der Waals surface area contributed by atoms with Crippen molar-refractivity contribution in [3.8, 4) is 22.4 Å². The third-order valence-corrected chi connectivity index (χ3v) is 4.10. The summed E-state index contributed by atoms with van der Waals surface area (Å²) >= 11 is 0. The van der Waals surface area contributed by atoms with Gasteiger partial charge in [0.1, 0.15) is 0 Å². The second-order valence-electron chi connectivity index (χ2n) is 6.03. The molecule has 0 saturated carbocycles. The molecule has 0 N–H and O–H groups in total. The topological polar surface area (TPSA) is 30.2 Å². The predicted molar refractivity (Wildman–Crippen MR) is 98.0 cm³/mol. The molecule has 0 aliphatic carbocycles. The first kappa shape index (κ1) is 19.6. The van der Waals surface area contributed by atoms with Gasteiger partial charge in [-0.15, -0.1) is 0 Å². The lowest BCUT2D eigenvalue weighted by Crippen LogP contribution is -2.48. The van der Waals surface area contributed by atoms with Crippen LogP contribution in [0.15, 0.2) is 72.8 Å². The van der Waals surface area contributed by atoms with Gasteiger partial charge in [-0.2, -0.15) is 4.57 Å². The van der Waals surface area contributed by atoms with E-state index in [0.717, 1.165) is 22.4 Å². The summed E-state index contributed by atoms with van der Waals surface area (Å²) in [7, 11) is -6.00. The van der Waals surface area contributed by atoms with Crippen LogP contribution in [-0.2, 0) is 11.3 Å². The van der Waals surface area contributed by atoms with E-state index < -0.39 is 7.25 Å². The number of cyclic esters (lactones) is 1. The molecule has 1 aromatic heterocycles. The lowest BCUT2D eigenvalue weighted by atomic mass is 10.0. The van der Waals surface area contributed by atoms with Crippen molar-refractivity contribution in [2.75, 3.05) is 6.61 Å². The van der Waals surface area contributed by atoms with Crippen LogP contribution < -0.4 is 4.57 Å². The van der Waals surface area contributed by atoms with Gasteiger partial charge >= 0.3 is 13.2 Å². The van der Waals surface area contributed by atoms with Crippen molar-refractivity contribution in [3.63, 3.8) is 0 Å². The molecule has 0 spiro atoms. The average molecular weight is 389 g/mol. The van der Waals surface area contributed by atoms with E-state index in [1.807, 2.05) is 47.0 Å². The molecule has 0 fully saturated rings. The van der Waals surface area contributed by atoms with Crippen molar-refractivity contribution in [1.82, 2.24) is 0 Å². The standard InChI is InChI=1S/C20H16NO2.BF4/c22-20-19-14-17(15-7-3-1-4-8-15)13-18(21(19)11-12-23-20)16-9-5-2-6-10-16;2-1(3,4)5/h1-10,13-14H,11-12H2;/q+1;-1. The van der Waals surface area contributed by atoms with Crippen LogP contribution in [0.1, 0.15) is 10.5 Å². The van der Waals surface area contributed by atoms with Gasteiger partial charge in [-0.25, -0.2) is 4.79 Å². The number of pyridine rings is 1. The Hall–Kier alpha value is -3.16. The van der Waals surface area contributed by atoms with E-state index in [4.69, 9.17) is 4.74 Å². The van der Waals surface area contributed by atoms with Crippen molar-refractivity contribution in [1.29, 1.82) is 0 Å². The Balaban J connectivity index is 0.000000403. The Morgan fingerprint density at radius 1 is 0.750 bits per heavy atom. The molecule has 3 nitrogen and oxygen atoms in total. The van der Waals surface area contributed by atoms with Gasteiger partial charge in [0.2, 0.25) is 5.69 Å². The molecule has 8 heteroatoms. The molecule has 1 aliphatic heterocycles. The number of benzene rings is 2. The van der Waals surface area contributed by atoms with E-state index in [-0.39, 0.29) is 5.97 Å². The zero-order valence-electron chi connectivity index (χ0n) is 14.7. The molecule has 0 radical (unpaired) electrons. The zero-order valence-corrected chi connectivity index (χ0v) is 14.7. The summed E-state index contributed by atoms with van der Waals surface area (Å²) in [6, 6.07) is 24.3. The van der Waals surface area contributed by atoms with Crippen LogP contribution in [-0.4, -0.2) is 19.8 Å². The van der Waals surface area contributed by atoms with E-state index in [0.29, 0.717) is 18.8 Å². The molecule has 1 aliphatic rings. The highest BCUT2D eigenvalue weighted by Gasteiger charge is 2.31. The predicted octanol–water partition coefficient (Wildman–Crippen LogP) is 4.78. The molecular weight excluding hydrogens is 373 g/mol. The average Bonchev–Trinajstić information content (AvgIpc) is 2.68. The van der Waals surface area contributed by atoms with Crippen LogP contribution in [0.3, 0.4) is 0 Å². The fourth-order valence-electron chi connectivity index (χ4n) is 2.98. The molecule has 0 bridgehead atoms. The lowest BCUT2D eigenvalue weighted by Gasteiger charge is -2.15. The normalized spacial score (nSPS) is 13.1. The summed E-state index contributed by atoms with van der Waals surface area (Å²) in [5.74, 6) is -0.258. The zero-order chi connectivity index (χ0) is 20.1. The van der Waals surface area contributed by atoms with Crippen molar-refractivity contribution in [2.45, 2.75) is 6.54 Å². The third kappa shape index (κ3) is 4.97. The number of nitrogens with zero attached hydrogens (tertiary/aromatic N) is 1. The smallest absolute Gasteiger partial charge is 0.451 e. The molecule has 0 saturated heterocycles. The van der Waals surface area contributed by atoms with Gasteiger partial charge in [-0.1, -0.05) is 48.5 Å². The number of halogens is 4. The van der Waals surface area contributed by atoms with Crippen molar-refractivity contribution >= 4 is 13.2 Å². The fraction of sp³-hybridized carbons (Fsp3) is 0.100. The number of aromatic nitrogens is 1. The number of carbonyl (C=O) groups excluding carboxylic acids is 1. The molecular formula is C20H16BF4NO2. The minimum absolute atomic E-state index is 0.258. The highest BCUT2D eigenvalue weighted by Crippen LogP contribution is 2.26. The molecule has 28 heavy (non-hydrogen) atoms. The summed E-state index contributed by atoms with van der Waals surface area (Å²) in [6.07, 6.45) is 0. The first-order chi connectivity index (χ1) is 13.3. The molecule has 2 heterocycles. The molecule has 2 aromatic carbocycles. The van der Waals surface area contributed by atoms with Crippen LogP contribution in [0.2, 0.25) is 0 Å². The van der Waals surface area contributed by atoms with Crippen LogP contribution in [0, 0.1) is 0 Å². The minimum atomic E-state index is -6.00. The van der Waals surface area contributed by atoms with E-state index in [1.54, 1.807) is 0 Å². The lowest BCUT2D eigenvalue weighted by molar-refractivity contribution is -0.694. The van der Waals surface area contributed by atoms with Crippen molar-refractivity contribution < 1.29 is 31.4 Å². The number of fused-ring (bicyclic) bond motifs is 1. The van der Waals surface area contributed by atoms with Gasteiger partial charge in [0.25, 0.3) is 5.69 Å². The summed E-state index contributed by atoms with van der Waals surface area (Å²) in [5.41, 5.74) is 4.86. The van der Waals surface area contributed by atoms with Crippen LogP contribution >= 0.6 is 0 Å². The van der Waals surface area contributed by atoms with Crippen LogP contribution in [0.5, 0.6) is 0 Å². The molecule has 4 rings (SSSR count). The molecule has 0 amide bonds. The van der Waals surface area contributed by atoms with Gasteiger partial charge in [0, 0.05) is 17.7 Å². The van der Waals surface area contributed by atoms with E-state index in [2.05, 4.69) is 30.3 Å². The quantitative estimate of drug-likeness (QED) is 0.273. The summed E-state index contributed by atoms with van der Waals surface area (Å²) in [5, 5.41) is 0. The van der Waals surface area contributed by atoms with Crippen LogP contribution in [0.25, 0.3) is 22.4 Å². The number of carbonyl (C=O) groups is 1. The van der Waals surface area contributed by atoms with Gasteiger partial charge in [-0.05, 0) is 23.3 Å². The van der Waals surface area contributed by atoms with E-state index in [1.165, 1.54) is 0 Å². The Morgan fingerprint density at radius 2 is 1.25 bits per heavy atom. The van der Waals surface area contributed by atoms with E-state index >= 15 is 0 Å². The number of hydrogen-bond donors (Lipinski definition) is 0. The first-order valence-corrected chi connectivity index (χ1v) is 8.56. The van der Waals surface area contributed by atoms with Gasteiger partial charge in [-0.3, -0.25) is 0 Å². The first-order valence-electron chi connectivity index (χ1n) is 8.56. The maximum absolute atomic E-state index is 12.2. The summed E-state index contributed by atoms with van der Waals surface area (Å²) in [6.45, 7) is 1.10. The minimum Gasteiger partial charge on any atom is -0.451 e. The highest BCUT2D eigenvalue weighted by molar-refractivity contribution is 6.50. The van der Waals surface area contributed by atoms with E-state index in [9.17, 15) is 22.1 Å². The van der Waals surface area contributed by atoms with Gasteiger partial charge in [0.15, 0.2) is 13.2 Å². The Bertz CT molecular complexity index is 957. The second-order valence-corrected chi connectivity index (χ2v) is 6.03. The maximum atomic E-state index is 12.2. The second kappa shape index (κ2) is 8.25. The van der Waals surface area contributed by atoms with Crippen molar-refractivity contribution in [3.05, 3.63) is 78.5 Å². The fourth-order valence-corrected chi connectivity index (χ4v) is 2.98. The maximum Gasteiger partial charge on any atom is 0.673 e. The Morgan fingerprint density at radius 3 is 1.82 bits per heavy atom. The van der Waals surface area contributed by atoms with Gasteiger partial charge < -0.3 is 22.0 Å². The number of rotatable bonds is 2. The van der Waals surface area contributed by atoms with Crippen LogP contribution in [0.4, 0.5) is 17.3 Å². The Labute approximate surface area is 159 Å². The Kier molecular flexibility index (Phi) is 5.77. The molecule has 0 unspecified atom stereocenters. The summed E-state index contributed by atoms with van der Waals surface area (Å²) < 4.78 is 46.3. The SMILES string of the molecule is F[B-](F)(F)F.O=C1OCC[n+]2c1cc(-c1ccccc1)cc2-c1ccccc1. The van der Waals surface area contributed by atoms with Crippen molar-refractivity contribution in [2.24, 2.45) is 0 Å². The number of hydrogen-bond acceptors (Lipinski definition) is 2. The summed E-state index contributed by atoms with van der Waals surface area (Å²) in [4.78, 5) is 12.2. The molecule has 144 valence electrons. The molecule has 0 atom stereocenters. The largest absolute Gasteiger partial charge is 0.673 e. The third-order valence-electron chi connectivity index (χ3n) is 4.10. The highest BCUT2D eigenvalue weighted by atomic mass is 19.5. The number of ether oxygens (including phenoxy) is 1. The number of esters is 1. The molecule has 3 aromatic rings.